The molecular formula is C20H22N4O. The Morgan fingerprint density at radius 2 is 1.92 bits per heavy atom. The summed E-state index contributed by atoms with van der Waals surface area (Å²) in [6, 6.07) is 19.3. The van der Waals surface area contributed by atoms with Gasteiger partial charge < -0.3 is 10.6 Å². The molecule has 0 aliphatic carbocycles. The van der Waals surface area contributed by atoms with E-state index < -0.39 is 0 Å². The molecule has 0 spiro atoms. The van der Waals surface area contributed by atoms with Gasteiger partial charge in [-0.1, -0.05) is 36.4 Å². The van der Waals surface area contributed by atoms with Gasteiger partial charge >= 0.3 is 6.03 Å². The fourth-order valence-electron chi connectivity index (χ4n) is 3.17. The zero-order chi connectivity index (χ0) is 17.5. The van der Waals surface area contributed by atoms with Gasteiger partial charge in [0.1, 0.15) is 0 Å². The summed E-state index contributed by atoms with van der Waals surface area (Å²) in [6.45, 7) is 3.38. The van der Waals surface area contributed by atoms with Crippen LogP contribution in [0.1, 0.15) is 17.5 Å². The lowest BCUT2D eigenvalue weighted by molar-refractivity contribution is 0.249. The van der Waals surface area contributed by atoms with Crippen molar-refractivity contribution >= 4 is 11.7 Å². The van der Waals surface area contributed by atoms with Crippen molar-refractivity contribution in [3.63, 3.8) is 0 Å². The number of anilines is 1. The van der Waals surface area contributed by atoms with Gasteiger partial charge in [-0.15, -0.1) is 0 Å². The zero-order valence-corrected chi connectivity index (χ0v) is 14.1. The summed E-state index contributed by atoms with van der Waals surface area (Å²) in [6.07, 6.45) is 1.06. The molecule has 128 valence electrons. The van der Waals surface area contributed by atoms with Crippen molar-refractivity contribution < 1.29 is 4.79 Å². The molecule has 1 aliphatic rings. The first-order valence-corrected chi connectivity index (χ1v) is 8.55. The maximum absolute atomic E-state index is 12.0. The van der Waals surface area contributed by atoms with Crippen LogP contribution < -0.4 is 10.6 Å². The normalized spacial score (nSPS) is 17.0. The number of para-hydroxylation sites is 1. The summed E-state index contributed by atoms with van der Waals surface area (Å²) in [5, 5.41) is 15.0. The van der Waals surface area contributed by atoms with E-state index in [9.17, 15) is 10.1 Å². The predicted molar refractivity (Wildman–Crippen MR) is 98.0 cm³/mol. The largest absolute Gasteiger partial charge is 0.338 e. The molecule has 2 amide bonds. The number of nitrogens with one attached hydrogen (secondary N) is 2. The Morgan fingerprint density at radius 3 is 2.72 bits per heavy atom. The van der Waals surface area contributed by atoms with Crippen LogP contribution in [0.4, 0.5) is 10.5 Å². The van der Waals surface area contributed by atoms with Crippen LogP contribution in [0.5, 0.6) is 0 Å². The summed E-state index contributed by atoms with van der Waals surface area (Å²) >= 11 is 0. The second-order valence-electron chi connectivity index (χ2n) is 6.36. The van der Waals surface area contributed by atoms with Crippen molar-refractivity contribution in [2.75, 3.05) is 25.0 Å². The van der Waals surface area contributed by atoms with Gasteiger partial charge in [-0.05, 0) is 42.6 Å². The summed E-state index contributed by atoms with van der Waals surface area (Å²) in [7, 11) is 0. The van der Waals surface area contributed by atoms with Gasteiger partial charge in [0.05, 0.1) is 11.6 Å². The molecule has 2 aromatic rings. The minimum absolute atomic E-state index is 0.167. The highest BCUT2D eigenvalue weighted by molar-refractivity contribution is 5.89. The van der Waals surface area contributed by atoms with E-state index >= 15 is 0 Å². The molecule has 2 aromatic carbocycles. The van der Waals surface area contributed by atoms with Gasteiger partial charge in [0.25, 0.3) is 0 Å². The monoisotopic (exact) mass is 334 g/mol. The average Bonchev–Trinajstić information content (AvgIpc) is 3.09. The third kappa shape index (κ3) is 4.82. The van der Waals surface area contributed by atoms with E-state index in [0.717, 1.165) is 42.9 Å². The van der Waals surface area contributed by atoms with Crippen LogP contribution in [-0.2, 0) is 6.54 Å². The Balaban J connectivity index is 1.44. The number of likely N-dealkylation sites (tertiary alicyclic amines) is 1. The molecule has 25 heavy (non-hydrogen) atoms. The van der Waals surface area contributed by atoms with Gasteiger partial charge in [0, 0.05) is 25.3 Å². The number of urea groups is 1. The second kappa shape index (κ2) is 8.32. The topological polar surface area (TPSA) is 68.2 Å². The molecule has 0 saturated carbocycles. The number of amides is 2. The number of nitriles is 1. The molecule has 1 fully saturated rings. The van der Waals surface area contributed by atoms with E-state index in [1.54, 1.807) is 0 Å². The summed E-state index contributed by atoms with van der Waals surface area (Å²) in [4.78, 5) is 14.3. The number of hydrogen-bond acceptors (Lipinski definition) is 3. The van der Waals surface area contributed by atoms with E-state index in [0.29, 0.717) is 12.5 Å². The molecule has 5 heteroatoms. The minimum atomic E-state index is -0.167. The van der Waals surface area contributed by atoms with Gasteiger partial charge in [-0.3, -0.25) is 4.90 Å². The molecule has 1 aliphatic heterocycles. The van der Waals surface area contributed by atoms with E-state index in [1.807, 2.05) is 54.6 Å². The number of nitrogens with zero attached hydrogens (tertiary/aromatic N) is 2. The smallest absolute Gasteiger partial charge is 0.319 e. The highest BCUT2D eigenvalue weighted by atomic mass is 16.2. The first kappa shape index (κ1) is 17.0. The van der Waals surface area contributed by atoms with Crippen molar-refractivity contribution in [3.8, 4) is 6.07 Å². The summed E-state index contributed by atoms with van der Waals surface area (Å²) in [5.41, 5.74) is 2.60. The van der Waals surface area contributed by atoms with Crippen molar-refractivity contribution in [1.29, 1.82) is 5.26 Å². The van der Waals surface area contributed by atoms with Crippen LogP contribution in [0.15, 0.2) is 54.6 Å². The van der Waals surface area contributed by atoms with Crippen LogP contribution in [0, 0.1) is 17.2 Å². The van der Waals surface area contributed by atoms with Crippen LogP contribution in [0.25, 0.3) is 0 Å². The van der Waals surface area contributed by atoms with Gasteiger partial charge in [-0.25, -0.2) is 4.79 Å². The van der Waals surface area contributed by atoms with Gasteiger partial charge in [-0.2, -0.15) is 5.26 Å². The summed E-state index contributed by atoms with van der Waals surface area (Å²) < 4.78 is 0. The van der Waals surface area contributed by atoms with Crippen molar-refractivity contribution in [2.45, 2.75) is 13.0 Å². The van der Waals surface area contributed by atoms with Crippen LogP contribution >= 0.6 is 0 Å². The number of carbonyl (C=O) groups excluding carboxylic acids is 1. The van der Waals surface area contributed by atoms with Gasteiger partial charge in [0.15, 0.2) is 0 Å². The van der Waals surface area contributed by atoms with Crippen molar-refractivity contribution in [1.82, 2.24) is 10.2 Å². The minimum Gasteiger partial charge on any atom is -0.338 e. The summed E-state index contributed by atoms with van der Waals surface area (Å²) in [5.74, 6) is 0.441. The molecule has 0 bridgehead atoms. The van der Waals surface area contributed by atoms with Gasteiger partial charge in [0.2, 0.25) is 0 Å². The maximum atomic E-state index is 12.0. The standard InChI is InChI=1S/C20H22N4O/c21-12-17-6-4-5-7-18(17)15-24-11-10-16(14-24)13-22-20(25)23-19-8-2-1-3-9-19/h1-9,16H,10-11,13-15H2,(H2,22,23,25). The molecule has 1 unspecified atom stereocenters. The lowest BCUT2D eigenvalue weighted by Gasteiger charge is -2.17. The molecule has 0 aromatic heterocycles. The van der Waals surface area contributed by atoms with E-state index in [4.69, 9.17) is 0 Å². The molecule has 2 N–H and O–H groups in total. The Bertz CT molecular complexity index is 754. The van der Waals surface area contributed by atoms with Crippen LogP contribution in [-0.4, -0.2) is 30.6 Å². The zero-order valence-electron chi connectivity index (χ0n) is 14.1. The first-order chi connectivity index (χ1) is 12.2. The van der Waals surface area contributed by atoms with E-state index in [2.05, 4.69) is 21.6 Å². The molecule has 1 saturated heterocycles. The Morgan fingerprint density at radius 1 is 1.16 bits per heavy atom. The molecule has 5 nitrogen and oxygen atoms in total. The molecule has 1 heterocycles. The fraction of sp³-hybridized carbons (Fsp3) is 0.300. The lowest BCUT2D eigenvalue weighted by atomic mass is 10.1. The van der Waals surface area contributed by atoms with E-state index in [1.165, 1.54) is 0 Å². The molecule has 0 radical (unpaired) electrons. The molecule has 3 rings (SSSR count). The number of benzene rings is 2. The maximum Gasteiger partial charge on any atom is 0.319 e. The third-order valence-electron chi connectivity index (χ3n) is 4.48. The highest BCUT2D eigenvalue weighted by Gasteiger charge is 2.23. The first-order valence-electron chi connectivity index (χ1n) is 8.55. The Labute approximate surface area is 148 Å². The third-order valence-corrected chi connectivity index (χ3v) is 4.48. The number of hydrogen-bond donors (Lipinski definition) is 2. The Hall–Kier alpha value is -2.84. The quantitative estimate of drug-likeness (QED) is 0.882. The predicted octanol–water partition coefficient (Wildman–Crippen LogP) is 3.20. The number of rotatable bonds is 5. The van der Waals surface area contributed by atoms with E-state index in [-0.39, 0.29) is 6.03 Å². The molecular weight excluding hydrogens is 312 g/mol. The highest BCUT2D eigenvalue weighted by Crippen LogP contribution is 2.19. The molecule has 1 atom stereocenters. The van der Waals surface area contributed by atoms with Crippen molar-refractivity contribution in [3.05, 3.63) is 65.7 Å². The van der Waals surface area contributed by atoms with Crippen LogP contribution in [0.3, 0.4) is 0 Å². The SMILES string of the molecule is N#Cc1ccccc1CN1CCC(CNC(=O)Nc2ccccc2)C1. The second-order valence-corrected chi connectivity index (χ2v) is 6.36. The number of carbonyl (C=O) groups is 1. The fourth-order valence-corrected chi connectivity index (χ4v) is 3.17. The van der Waals surface area contributed by atoms with Crippen molar-refractivity contribution in [2.24, 2.45) is 5.92 Å². The average molecular weight is 334 g/mol. The lowest BCUT2D eigenvalue weighted by Crippen LogP contribution is -2.34. The van der Waals surface area contributed by atoms with Crippen LogP contribution in [0.2, 0.25) is 0 Å². The Kier molecular flexibility index (Phi) is 5.65.